The van der Waals surface area contributed by atoms with Crippen LogP contribution in [0.4, 0.5) is 0 Å². The van der Waals surface area contributed by atoms with Gasteiger partial charge < -0.3 is 15.0 Å². The molecule has 2 aromatic rings. The monoisotopic (exact) mass is 420 g/mol. The summed E-state index contributed by atoms with van der Waals surface area (Å²) in [5, 5.41) is 3.06. The first-order chi connectivity index (χ1) is 15.0. The Hall–Kier alpha value is -2.82. The number of fused-ring (bicyclic) bond motifs is 1. The quantitative estimate of drug-likeness (QED) is 0.780. The number of hydrogen-bond donors (Lipinski definition) is 1. The third kappa shape index (κ3) is 4.92. The molecule has 0 aliphatic carbocycles. The number of amides is 2. The minimum Gasteiger partial charge on any atom is -0.487 e. The summed E-state index contributed by atoms with van der Waals surface area (Å²) in [7, 11) is 0. The number of likely N-dealkylation sites (tertiary alicyclic amines) is 1. The maximum absolute atomic E-state index is 12.8. The highest BCUT2D eigenvalue weighted by Gasteiger charge is 2.44. The molecule has 4 rings (SSSR count). The molecule has 1 atom stereocenters. The van der Waals surface area contributed by atoms with E-state index in [1.807, 2.05) is 53.4 Å². The van der Waals surface area contributed by atoms with Crippen molar-refractivity contribution >= 4 is 11.8 Å². The van der Waals surface area contributed by atoms with Crippen molar-refractivity contribution in [2.24, 2.45) is 5.92 Å². The third-order valence-corrected chi connectivity index (χ3v) is 6.43. The van der Waals surface area contributed by atoms with E-state index in [2.05, 4.69) is 25.2 Å². The largest absolute Gasteiger partial charge is 0.487 e. The van der Waals surface area contributed by atoms with Gasteiger partial charge in [-0.2, -0.15) is 0 Å². The van der Waals surface area contributed by atoms with Crippen LogP contribution in [0.1, 0.15) is 61.4 Å². The van der Waals surface area contributed by atoms with Crippen LogP contribution in [0.25, 0.3) is 0 Å². The molecular formula is C26H32N2O3. The van der Waals surface area contributed by atoms with E-state index in [1.54, 1.807) is 0 Å². The van der Waals surface area contributed by atoms with Gasteiger partial charge in [0.1, 0.15) is 11.4 Å². The summed E-state index contributed by atoms with van der Waals surface area (Å²) in [5.74, 6) is 1.63. The molecule has 0 aromatic heterocycles. The van der Waals surface area contributed by atoms with Crippen LogP contribution in [0, 0.1) is 5.92 Å². The van der Waals surface area contributed by atoms with E-state index in [0.29, 0.717) is 32.0 Å². The number of hydrogen-bond acceptors (Lipinski definition) is 3. The second-order valence-corrected chi connectivity index (χ2v) is 9.28. The standard InChI is InChI=1S/C26H32N2O3/c1-19(2)18-27-24(29)16-21-17-26(31-23-11-7-6-10-22(21)23)12-14-28(15-13-26)25(30)20-8-4-3-5-9-20/h3-11,19,21H,12-18H2,1-2H3,(H,27,29)/t21-/m1/s1. The average molecular weight is 421 g/mol. The molecule has 0 saturated carbocycles. The molecule has 0 unspecified atom stereocenters. The number of benzene rings is 2. The molecule has 1 spiro atoms. The average Bonchev–Trinajstić information content (AvgIpc) is 2.78. The Labute approximate surface area is 184 Å². The van der Waals surface area contributed by atoms with Crippen LogP contribution >= 0.6 is 0 Å². The van der Waals surface area contributed by atoms with E-state index in [1.165, 1.54) is 0 Å². The summed E-state index contributed by atoms with van der Waals surface area (Å²) in [6.07, 6.45) is 2.85. The van der Waals surface area contributed by atoms with Crippen molar-refractivity contribution in [2.45, 2.75) is 51.0 Å². The Bertz CT molecular complexity index is 917. The second-order valence-electron chi connectivity index (χ2n) is 9.28. The van der Waals surface area contributed by atoms with Gasteiger partial charge in [-0.3, -0.25) is 9.59 Å². The molecule has 31 heavy (non-hydrogen) atoms. The van der Waals surface area contributed by atoms with E-state index in [-0.39, 0.29) is 23.3 Å². The van der Waals surface area contributed by atoms with Gasteiger partial charge in [0.15, 0.2) is 0 Å². The summed E-state index contributed by atoms with van der Waals surface area (Å²) in [6.45, 7) is 6.24. The van der Waals surface area contributed by atoms with Crippen molar-refractivity contribution in [2.75, 3.05) is 19.6 Å². The van der Waals surface area contributed by atoms with Crippen molar-refractivity contribution in [1.29, 1.82) is 0 Å². The molecule has 0 bridgehead atoms. The Morgan fingerprint density at radius 3 is 2.45 bits per heavy atom. The van der Waals surface area contributed by atoms with Crippen molar-refractivity contribution < 1.29 is 14.3 Å². The maximum atomic E-state index is 12.8. The SMILES string of the molecule is CC(C)CNC(=O)C[C@@H]1CC2(CCN(C(=O)c3ccccc3)CC2)Oc2ccccc21. The van der Waals surface area contributed by atoms with E-state index in [9.17, 15) is 9.59 Å². The van der Waals surface area contributed by atoms with E-state index < -0.39 is 0 Å². The van der Waals surface area contributed by atoms with Gasteiger partial charge in [-0.15, -0.1) is 0 Å². The zero-order valence-corrected chi connectivity index (χ0v) is 18.5. The maximum Gasteiger partial charge on any atom is 0.253 e. The summed E-state index contributed by atoms with van der Waals surface area (Å²) in [5.41, 5.74) is 1.54. The Kier molecular flexibility index (Phi) is 6.30. The molecule has 1 saturated heterocycles. The normalized spacial score (nSPS) is 19.6. The molecule has 1 fully saturated rings. The number of carbonyl (C=O) groups excluding carboxylic acids is 2. The number of rotatable bonds is 5. The topological polar surface area (TPSA) is 58.6 Å². The van der Waals surface area contributed by atoms with Gasteiger partial charge in [0.2, 0.25) is 5.91 Å². The number of para-hydroxylation sites is 1. The highest BCUT2D eigenvalue weighted by molar-refractivity contribution is 5.94. The minimum atomic E-state index is -0.315. The predicted molar refractivity (Wildman–Crippen MR) is 121 cm³/mol. The smallest absolute Gasteiger partial charge is 0.253 e. The third-order valence-electron chi connectivity index (χ3n) is 6.43. The van der Waals surface area contributed by atoms with Gasteiger partial charge in [-0.05, 0) is 36.1 Å². The van der Waals surface area contributed by atoms with E-state index in [4.69, 9.17) is 4.74 Å². The molecule has 0 radical (unpaired) electrons. The van der Waals surface area contributed by atoms with Gasteiger partial charge in [-0.25, -0.2) is 0 Å². The van der Waals surface area contributed by atoms with E-state index >= 15 is 0 Å². The Morgan fingerprint density at radius 1 is 1.06 bits per heavy atom. The van der Waals surface area contributed by atoms with Gasteiger partial charge in [0.25, 0.3) is 5.91 Å². The van der Waals surface area contributed by atoms with Crippen LogP contribution in [0.2, 0.25) is 0 Å². The molecular weight excluding hydrogens is 388 g/mol. The second kappa shape index (κ2) is 9.13. The lowest BCUT2D eigenvalue weighted by atomic mass is 9.76. The fraction of sp³-hybridized carbons (Fsp3) is 0.462. The van der Waals surface area contributed by atoms with Crippen molar-refractivity contribution in [3.63, 3.8) is 0 Å². The van der Waals surface area contributed by atoms with Crippen LogP contribution < -0.4 is 10.1 Å². The Morgan fingerprint density at radius 2 is 1.74 bits per heavy atom. The van der Waals surface area contributed by atoms with Gasteiger partial charge in [0.05, 0.1) is 0 Å². The van der Waals surface area contributed by atoms with Crippen molar-refractivity contribution in [3.05, 3.63) is 65.7 Å². The number of ether oxygens (including phenoxy) is 1. The number of carbonyl (C=O) groups is 2. The van der Waals surface area contributed by atoms with Gasteiger partial charge in [0, 0.05) is 50.4 Å². The molecule has 2 aliphatic heterocycles. The summed E-state index contributed by atoms with van der Waals surface area (Å²) in [6, 6.07) is 17.5. The fourth-order valence-electron chi connectivity index (χ4n) is 4.73. The molecule has 2 aliphatic rings. The van der Waals surface area contributed by atoms with Crippen LogP contribution in [0.5, 0.6) is 5.75 Å². The van der Waals surface area contributed by atoms with Crippen LogP contribution in [0.15, 0.2) is 54.6 Å². The number of nitrogens with zero attached hydrogens (tertiary/aromatic N) is 1. The van der Waals surface area contributed by atoms with Gasteiger partial charge >= 0.3 is 0 Å². The molecule has 5 nitrogen and oxygen atoms in total. The fourth-order valence-corrected chi connectivity index (χ4v) is 4.73. The molecule has 2 amide bonds. The van der Waals surface area contributed by atoms with Crippen LogP contribution in [0.3, 0.4) is 0 Å². The molecule has 2 aromatic carbocycles. The van der Waals surface area contributed by atoms with Crippen LogP contribution in [-0.2, 0) is 4.79 Å². The molecule has 1 N–H and O–H groups in total. The highest BCUT2D eigenvalue weighted by atomic mass is 16.5. The summed E-state index contributed by atoms with van der Waals surface area (Å²) < 4.78 is 6.53. The van der Waals surface area contributed by atoms with Gasteiger partial charge in [-0.1, -0.05) is 50.2 Å². The van der Waals surface area contributed by atoms with Crippen molar-refractivity contribution in [1.82, 2.24) is 10.2 Å². The number of nitrogens with one attached hydrogen (secondary N) is 1. The molecule has 2 heterocycles. The lowest BCUT2D eigenvalue weighted by Gasteiger charge is -2.47. The number of piperidine rings is 1. The zero-order valence-electron chi connectivity index (χ0n) is 18.5. The molecule has 5 heteroatoms. The lowest BCUT2D eigenvalue weighted by molar-refractivity contribution is -0.122. The summed E-state index contributed by atoms with van der Waals surface area (Å²) in [4.78, 5) is 27.4. The first kappa shape index (κ1) is 21.4. The summed E-state index contributed by atoms with van der Waals surface area (Å²) >= 11 is 0. The zero-order chi connectivity index (χ0) is 21.8. The molecule has 164 valence electrons. The van der Waals surface area contributed by atoms with E-state index in [0.717, 1.165) is 36.1 Å². The van der Waals surface area contributed by atoms with Crippen LogP contribution in [-0.4, -0.2) is 41.9 Å². The first-order valence-corrected chi connectivity index (χ1v) is 11.3. The predicted octanol–water partition coefficient (Wildman–Crippen LogP) is 4.39. The first-order valence-electron chi connectivity index (χ1n) is 11.3. The minimum absolute atomic E-state index is 0.0799. The lowest BCUT2D eigenvalue weighted by Crippen LogP contribution is -2.52. The Balaban J connectivity index is 1.46. The highest BCUT2D eigenvalue weighted by Crippen LogP contribution is 2.46. The van der Waals surface area contributed by atoms with Crippen molar-refractivity contribution in [3.8, 4) is 5.75 Å².